The largest absolute Gasteiger partial charge is 0.478 e. The van der Waals surface area contributed by atoms with Gasteiger partial charge in [-0.05, 0) is 23.1 Å². The summed E-state index contributed by atoms with van der Waals surface area (Å²) in [5.74, 6) is -0.211. The van der Waals surface area contributed by atoms with Crippen LogP contribution >= 0.6 is 0 Å². The molecule has 4 aromatic rings. The van der Waals surface area contributed by atoms with E-state index in [4.69, 9.17) is 0 Å². The summed E-state index contributed by atoms with van der Waals surface area (Å²) < 4.78 is 1.44. The molecule has 0 saturated carbocycles. The highest BCUT2D eigenvalue weighted by Crippen LogP contribution is 2.27. The van der Waals surface area contributed by atoms with Crippen molar-refractivity contribution in [1.29, 1.82) is 0 Å². The molecule has 0 fully saturated rings. The molecule has 0 aliphatic heterocycles. The zero-order valence-electron chi connectivity index (χ0n) is 16.1. The van der Waals surface area contributed by atoms with E-state index in [1.807, 2.05) is 24.3 Å². The molecule has 2 N–H and O–H groups in total. The van der Waals surface area contributed by atoms with Crippen LogP contribution in [-0.2, 0) is 6.54 Å². The monoisotopic (exact) mass is 388 g/mol. The van der Waals surface area contributed by atoms with E-state index in [9.17, 15) is 14.7 Å². The minimum absolute atomic E-state index is 0.101. The van der Waals surface area contributed by atoms with E-state index in [0.29, 0.717) is 28.5 Å². The van der Waals surface area contributed by atoms with Crippen LogP contribution in [-0.4, -0.2) is 30.6 Å². The van der Waals surface area contributed by atoms with Gasteiger partial charge in [-0.25, -0.2) is 19.6 Å². The van der Waals surface area contributed by atoms with Gasteiger partial charge in [0.2, 0.25) is 0 Å². The lowest BCUT2D eigenvalue weighted by atomic mass is 9.97. The maximum atomic E-state index is 12.5. The third-order valence-electron chi connectivity index (χ3n) is 4.91. The van der Waals surface area contributed by atoms with Gasteiger partial charge < -0.3 is 10.1 Å². The topological polar surface area (TPSA) is 101 Å². The molecule has 146 valence electrons. The first-order valence-corrected chi connectivity index (χ1v) is 9.31. The van der Waals surface area contributed by atoms with Crippen molar-refractivity contribution in [3.63, 3.8) is 0 Å². The van der Waals surface area contributed by atoms with Gasteiger partial charge >= 0.3 is 11.7 Å². The number of rotatable bonds is 5. The molecule has 0 radical (unpaired) electrons. The predicted molar refractivity (Wildman–Crippen MR) is 110 cm³/mol. The third kappa shape index (κ3) is 3.42. The maximum absolute atomic E-state index is 12.5. The fourth-order valence-electron chi connectivity index (χ4n) is 3.46. The van der Waals surface area contributed by atoms with Crippen molar-refractivity contribution >= 4 is 17.1 Å². The molecule has 0 spiro atoms. The molecule has 7 nitrogen and oxygen atoms in total. The van der Waals surface area contributed by atoms with Gasteiger partial charge in [-0.3, -0.25) is 4.57 Å². The summed E-state index contributed by atoms with van der Waals surface area (Å²) in [6, 6.07) is 14.6. The number of H-pyrrole nitrogens is 1. The van der Waals surface area contributed by atoms with Crippen molar-refractivity contribution in [2.45, 2.75) is 26.3 Å². The molecule has 7 heteroatoms. The number of aromatic nitrogens is 4. The zero-order valence-corrected chi connectivity index (χ0v) is 16.1. The van der Waals surface area contributed by atoms with E-state index >= 15 is 0 Å². The average molecular weight is 388 g/mol. The molecule has 2 heterocycles. The van der Waals surface area contributed by atoms with Gasteiger partial charge in [0.25, 0.3) is 0 Å². The number of nitrogens with zero attached hydrogens (tertiary/aromatic N) is 3. The Morgan fingerprint density at radius 1 is 1.14 bits per heavy atom. The van der Waals surface area contributed by atoms with Crippen LogP contribution in [0.15, 0.2) is 59.5 Å². The van der Waals surface area contributed by atoms with Gasteiger partial charge in [0.15, 0.2) is 11.5 Å². The first kappa shape index (κ1) is 18.6. The van der Waals surface area contributed by atoms with Crippen LogP contribution in [0.4, 0.5) is 0 Å². The quantitative estimate of drug-likeness (QED) is 0.543. The number of fused-ring (bicyclic) bond motifs is 1. The van der Waals surface area contributed by atoms with Crippen molar-refractivity contribution in [2.24, 2.45) is 0 Å². The van der Waals surface area contributed by atoms with Crippen molar-refractivity contribution in [3.8, 4) is 11.4 Å². The van der Waals surface area contributed by atoms with Crippen molar-refractivity contribution in [1.82, 2.24) is 19.5 Å². The van der Waals surface area contributed by atoms with Crippen molar-refractivity contribution in [2.75, 3.05) is 0 Å². The number of aromatic carboxylic acids is 1. The SMILES string of the molecule is CC(C)c1ccccc1-c1ncc2[nH]c(=O)n(Cc3ccccc3C(=O)O)c2n1. The minimum Gasteiger partial charge on any atom is -0.478 e. The first-order valence-electron chi connectivity index (χ1n) is 9.31. The zero-order chi connectivity index (χ0) is 20.5. The number of carboxylic acids is 1. The van der Waals surface area contributed by atoms with Gasteiger partial charge in [-0.15, -0.1) is 0 Å². The van der Waals surface area contributed by atoms with Crippen LogP contribution in [0.5, 0.6) is 0 Å². The van der Waals surface area contributed by atoms with Crippen molar-refractivity contribution in [3.05, 3.63) is 81.9 Å². The van der Waals surface area contributed by atoms with E-state index in [1.165, 1.54) is 10.6 Å². The van der Waals surface area contributed by atoms with Crippen LogP contribution < -0.4 is 5.69 Å². The normalized spacial score (nSPS) is 11.3. The number of benzene rings is 2. The molecule has 0 saturated heterocycles. The first-order chi connectivity index (χ1) is 14.0. The van der Waals surface area contributed by atoms with E-state index in [1.54, 1.807) is 24.4 Å². The Labute approximate surface area is 166 Å². The summed E-state index contributed by atoms with van der Waals surface area (Å²) in [6.07, 6.45) is 1.59. The molecule has 0 atom stereocenters. The Morgan fingerprint density at radius 2 is 1.86 bits per heavy atom. The van der Waals surface area contributed by atoms with E-state index < -0.39 is 5.97 Å². The smallest absolute Gasteiger partial charge is 0.336 e. The summed E-state index contributed by atoms with van der Waals surface area (Å²) in [4.78, 5) is 35.9. The Bertz CT molecular complexity index is 1270. The standard InChI is InChI=1S/C22H20N4O3/c1-13(2)15-8-5-6-10-17(15)19-23-11-18-20(25-19)26(22(29)24-18)12-14-7-3-4-9-16(14)21(27)28/h3-11,13H,12H2,1-2H3,(H,24,29)(H,27,28). The van der Waals surface area contributed by atoms with Crippen LogP contribution in [0.3, 0.4) is 0 Å². The molecule has 0 unspecified atom stereocenters. The summed E-state index contributed by atoms with van der Waals surface area (Å²) in [6.45, 7) is 4.31. The number of nitrogens with one attached hydrogen (secondary N) is 1. The lowest BCUT2D eigenvalue weighted by molar-refractivity contribution is 0.0695. The van der Waals surface area contributed by atoms with Gasteiger partial charge in [0, 0.05) is 5.56 Å². The van der Waals surface area contributed by atoms with Gasteiger partial charge in [0.1, 0.15) is 5.52 Å². The molecule has 0 amide bonds. The Balaban J connectivity index is 1.86. The number of imidazole rings is 1. The van der Waals surface area contributed by atoms with Crippen LogP contribution in [0.2, 0.25) is 0 Å². The van der Waals surface area contributed by atoms with E-state index in [2.05, 4.69) is 28.8 Å². The third-order valence-corrected chi connectivity index (χ3v) is 4.91. The number of hydrogen-bond acceptors (Lipinski definition) is 4. The summed E-state index contributed by atoms with van der Waals surface area (Å²) in [7, 11) is 0. The Hall–Kier alpha value is -3.74. The highest BCUT2D eigenvalue weighted by Gasteiger charge is 2.16. The van der Waals surface area contributed by atoms with Crippen LogP contribution in [0.25, 0.3) is 22.6 Å². The van der Waals surface area contributed by atoms with Gasteiger partial charge in [0.05, 0.1) is 18.3 Å². The lowest BCUT2D eigenvalue weighted by Gasteiger charge is -2.12. The van der Waals surface area contributed by atoms with E-state index in [0.717, 1.165) is 11.1 Å². The molecule has 0 aliphatic carbocycles. The fraction of sp³-hybridized carbons (Fsp3) is 0.182. The summed E-state index contributed by atoms with van der Waals surface area (Å²) in [5, 5.41) is 9.43. The Morgan fingerprint density at radius 3 is 2.62 bits per heavy atom. The molecule has 4 rings (SSSR count). The van der Waals surface area contributed by atoms with Crippen LogP contribution in [0, 0.1) is 0 Å². The summed E-state index contributed by atoms with van der Waals surface area (Å²) >= 11 is 0. The second-order valence-corrected chi connectivity index (χ2v) is 7.15. The second-order valence-electron chi connectivity index (χ2n) is 7.15. The Kier molecular flexibility index (Phi) is 4.72. The number of hydrogen-bond donors (Lipinski definition) is 2. The number of carbonyl (C=O) groups is 1. The fourth-order valence-corrected chi connectivity index (χ4v) is 3.46. The summed E-state index contributed by atoms with van der Waals surface area (Å²) in [5.41, 5.74) is 3.32. The maximum Gasteiger partial charge on any atom is 0.336 e. The molecule has 0 aliphatic rings. The number of carboxylic acid groups (broad SMARTS) is 1. The molecule has 29 heavy (non-hydrogen) atoms. The lowest BCUT2D eigenvalue weighted by Crippen LogP contribution is -2.19. The number of aromatic amines is 1. The molecular weight excluding hydrogens is 368 g/mol. The van der Waals surface area contributed by atoms with Crippen molar-refractivity contribution < 1.29 is 9.90 Å². The minimum atomic E-state index is -1.03. The molecule has 0 bridgehead atoms. The van der Waals surface area contributed by atoms with Crippen LogP contribution in [0.1, 0.15) is 41.3 Å². The van der Waals surface area contributed by atoms with Gasteiger partial charge in [-0.2, -0.15) is 0 Å². The highest BCUT2D eigenvalue weighted by atomic mass is 16.4. The van der Waals surface area contributed by atoms with E-state index in [-0.39, 0.29) is 17.8 Å². The average Bonchev–Trinajstić information content (AvgIpc) is 3.02. The second kappa shape index (κ2) is 7.35. The molecule has 2 aromatic heterocycles. The highest BCUT2D eigenvalue weighted by molar-refractivity contribution is 5.89. The molecular formula is C22H20N4O3. The molecule has 2 aromatic carbocycles. The van der Waals surface area contributed by atoms with Gasteiger partial charge in [-0.1, -0.05) is 56.3 Å². The predicted octanol–water partition coefficient (Wildman–Crippen LogP) is 3.66.